The summed E-state index contributed by atoms with van der Waals surface area (Å²) in [6, 6.07) is 6.00. The standard InChI is InChI=1S/C11H18N2S/c1-9(2)8-14-11(7-12)10-5-3-4-6-13-10/h3-6,9,11H,7-8,12H2,1-2H3. The van der Waals surface area contributed by atoms with Crippen LogP contribution in [0.25, 0.3) is 0 Å². The Morgan fingerprint density at radius 2 is 2.21 bits per heavy atom. The monoisotopic (exact) mass is 210 g/mol. The quantitative estimate of drug-likeness (QED) is 0.811. The van der Waals surface area contributed by atoms with Gasteiger partial charge in [-0.15, -0.1) is 0 Å². The van der Waals surface area contributed by atoms with Crippen molar-refractivity contribution in [1.29, 1.82) is 0 Å². The van der Waals surface area contributed by atoms with E-state index in [-0.39, 0.29) is 0 Å². The number of hydrogen-bond acceptors (Lipinski definition) is 3. The molecule has 0 fully saturated rings. The van der Waals surface area contributed by atoms with Crippen molar-refractivity contribution in [3.63, 3.8) is 0 Å². The van der Waals surface area contributed by atoms with Crippen LogP contribution < -0.4 is 5.73 Å². The minimum absolute atomic E-state index is 0.346. The Balaban J connectivity index is 2.54. The minimum Gasteiger partial charge on any atom is -0.329 e. The van der Waals surface area contributed by atoms with Crippen LogP contribution in [0, 0.1) is 5.92 Å². The zero-order valence-electron chi connectivity index (χ0n) is 8.81. The number of hydrogen-bond donors (Lipinski definition) is 1. The molecule has 1 rings (SSSR count). The van der Waals surface area contributed by atoms with Gasteiger partial charge in [0.25, 0.3) is 0 Å². The summed E-state index contributed by atoms with van der Waals surface area (Å²) in [7, 11) is 0. The summed E-state index contributed by atoms with van der Waals surface area (Å²) in [5, 5.41) is 0.346. The molecule has 0 aromatic carbocycles. The van der Waals surface area contributed by atoms with E-state index in [2.05, 4.69) is 18.8 Å². The third-order valence-electron chi connectivity index (χ3n) is 1.86. The summed E-state index contributed by atoms with van der Waals surface area (Å²) >= 11 is 1.90. The summed E-state index contributed by atoms with van der Waals surface area (Å²) < 4.78 is 0. The van der Waals surface area contributed by atoms with Crippen LogP contribution in [-0.4, -0.2) is 17.3 Å². The average molecular weight is 210 g/mol. The van der Waals surface area contributed by atoms with Gasteiger partial charge >= 0.3 is 0 Å². The summed E-state index contributed by atoms with van der Waals surface area (Å²) in [5.41, 5.74) is 6.83. The maximum Gasteiger partial charge on any atom is 0.0592 e. The van der Waals surface area contributed by atoms with Gasteiger partial charge < -0.3 is 5.73 Å². The highest BCUT2D eigenvalue weighted by atomic mass is 32.2. The van der Waals surface area contributed by atoms with E-state index < -0.39 is 0 Å². The molecule has 14 heavy (non-hydrogen) atoms. The van der Waals surface area contributed by atoms with E-state index in [4.69, 9.17) is 5.73 Å². The van der Waals surface area contributed by atoms with E-state index in [1.807, 2.05) is 36.2 Å². The first kappa shape index (κ1) is 11.5. The second-order valence-corrected chi connectivity index (χ2v) is 4.94. The molecule has 2 N–H and O–H groups in total. The minimum atomic E-state index is 0.346. The van der Waals surface area contributed by atoms with Crippen molar-refractivity contribution in [3.05, 3.63) is 30.1 Å². The Kier molecular flexibility index (Phi) is 4.98. The molecule has 2 nitrogen and oxygen atoms in total. The van der Waals surface area contributed by atoms with E-state index in [0.29, 0.717) is 17.7 Å². The first-order valence-corrected chi connectivity index (χ1v) is 6.01. The van der Waals surface area contributed by atoms with Crippen molar-refractivity contribution in [2.75, 3.05) is 12.3 Å². The molecule has 1 aromatic heterocycles. The third-order valence-corrected chi connectivity index (χ3v) is 3.56. The van der Waals surface area contributed by atoms with Gasteiger partial charge in [-0.2, -0.15) is 11.8 Å². The molecule has 3 heteroatoms. The van der Waals surface area contributed by atoms with Crippen molar-refractivity contribution in [2.45, 2.75) is 19.1 Å². The molecule has 0 bridgehead atoms. The molecule has 1 aromatic rings. The lowest BCUT2D eigenvalue weighted by atomic mass is 10.2. The van der Waals surface area contributed by atoms with Gasteiger partial charge in [-0.3, -0.25) is 4.98 Å². The molecule has 0 spiro atoms. The van der Waals surface area contributed by atoms with Gasteiger partial charge in [-0.05, 0) is 23.8 Å². The third kappa shape index (κ3) is 3.68. The van der Waals surface area contributed by atoms with E-state index in [1.165, 1.54) is 0 Å². The molecule has 78 valence electrons. The predicted molar refractivity (Wildman–Crippen MR) is 63.3 cm³/mol. The molecule has 1 unspecified atom stereocenters. The van der Waals surface area contributed by atoms with Crippen LogP contribution in [0.2, 0.25) is 0 Å². The molecule has 0 aliphatic rings. The lowest BCUT2D eigenvalue weighted by Crippen LogP contribution is -2.12. The highest BCUT2D eigenvalue weighted by Gasteiger charge is 2.11. The highest BCUT2D eigenvalue weighted by molar-refractivity contribution is 7.99. The van der Waals surface area contributed by atoms with E-state index in [1.54, 1.807) is 0 Å². The van der Waals surface area contributed by atoms with E-state index in [0.717, 1.165) is 11.4 Å². The zero-order chi connectivity index (χ0) is 10.4. The molecular weight excluding hydrogens is 192 g/mol. The maximum absolute atomic E-state index is 5.73. The number of thioether (sulfide) groups is 1. The fraction of sp³-hybridized carbons (Fsp3) is 0.545. The second kappa shape index (κ2) is 6.04. The molecule has 1 atom stereocenters. The molecule has 0 amide bonds. The van der Waals surface area contributed by atoms with Gasteiger partial charge in [0.05, 0.1) is 10.9 Å². The number of nitrogens with zero attached hydrogens (tertiary/aromatic N) is 1. The van der Waals surface area contributed by atoms with E-state index in [9.17, 15) is 0 Å². The van der Waals surface area contributed by atoms with Crippen molar-refractivity contribution >= 4 is 11.8 Å². The number of rotatable bonds is 5. The fourth-order valence-electron chi connectivity index (χ4n) is 1.15. The summed E-state index contributed by atoms with van der Waals surface area (Å²) in [5.74, 6) is 1.84. The Morgan fingerprint density at radius 1 is 1.43 bits per heavy atom. The second-order valence-electron chi connectivity index (χ2n) is 3.71. The number of nitrogens with two attached hydrogens (primary N) is 1. The van der Waals surface area contributed by atoms with Crippen LogP contribution >= 0.6 is 11.8 Å². The molecule has 1 heterocycles. The lowest BCUT2D eigenvalue weighted by molar-refractivity contribution is 0.745. The van der Waals surface area contributed by atoms with Gasteiger partial charge in [-0.25, -0.2) is 0 Å². The Morgan fingerprint density at radius 3 is 2.71 bits per heavy atom. The topological polar surface area (TPSA) is 38.9 Å². The van der Waals surface area contributed by atoms with Crippen LogP contribution in [0.5, 0.6) is 0 Å². The number of pyridine rings is 1. The number of aromatic nitrogens is 1. The Labute approximate surface area is 90.3 Å². The van der Waals surface area contributed by atoms with Crippen molar-refractivity contribution in [2.24, 2.45) is 11.7 Å². The summed E-state index contributed by atoms with van der Waals surface area (Å²) in [4.78, 5) is 4.33. The molecule has 0 aliphatic heterocycles. The largest absolute Gasteiger partial charge is 0.329 e. The highest BCUT2D eigenvalue weighted by Crippen LogP contribution is 2.27. The van der Waals surface area contributed by atoms with Crippen molar-refractivity contribution in [3.8, 4) is 0 Å². The molecule has 0 aliphatic carbocycles. The molecule has 0 saturated carbocycles. The maximum atomic E-state index is 5.73. The first-order chi connectivity index (χ1) is 6.74. The van der Waals surface area contributed by atoms with Gasteiger partial charge in [0.15, 0.2) is 0 Å². The van der Waals surface area contributed by atoms with Gasteiger partial charge in [0.1, 0.15) is 0 Å². The summed E-state index contributed by atoms with van der Waals surface area (Å²) in [6.45, 7) is 5.10. The normalized spacial score (nSPS) is 13.1. The van der Waals surface area contributed by atoms with Crippen LogP contribution in [0.4, 0.5) is 0 Å². The lowest BCUT2D eigenvalue weighted by Gasteiger charge is -2.14. The van der Waals surface area contributed by atoms with Crippen LogP contribution in [0.1, 0.15) is 24.8 Å². The van der Waals surface area contributed by atoms with Crippen LogP contribution in [0.15, 0.2) is 24.4 Å². The Bertz CT molecular complexity index is 249. The Hall–Kier alpha value is -0.540. The summed E-state index contributed by atoms with van der Waals surface area (Å²) in [6.07, 6.45) is 1.83. The zero-order valence-corrected chi connectivity index (χ0v) is 9.63. The van der Waals surface area contributed by atoms with Gasteiger partial charge in [0, 0.05) is 12.7 Å². The van der Waals surface area contributed by atoms with Crippen molar-refractivity contribution in [1.82, 2.24) is 4.98 Å². The van der Waals surface area contributed by atoms with Gasteiger partial charge in [-0.1, -0.05) is 19.9 Å². The SMILES string of the molecule is CC(C)CSC(CN)c1ccccn1. The smallest absolute Gasteiger partial charge is 0.0592 e. The average Bonchev–Trinajstić information content (AvgIpc) is 2.20. The fourth-order valence-corrected chi connectivity index (χ4v) is 2.21. The van der Waals surface area contributed by atoms with Crippen LogP contribution in [-0.2, 0) is 0 Å². The van der Waals surface area contributed by atoms with Crippen LogP contribution in [0.3, 0.4) is 0 Å². The van der Waals surface area contributed by atoms with Crippen molar-refractivity contribution < 1.29 is 0 Å². The first-order valence-electron chi connectivity index (χ1n) is 4.96. The van der Waals surface area contributed by atoms with Gasteiger partial charge in [0.2, 0.25) is 0 Å². The molecular formula is C11H18N2S. The molecule has 0 radical (unpaired) electrons. The molecule has 0 saturated heterocycles. The predicted octanol–water partition coefficient (Wildman–Crippen LogP) is 2.47. The van der Waals surface area contributed by atoms with E-state index >= 15 is 0 Å².